The Labute approximate surface area is 235 Å². The van der Waals surface area contributed by atoms with E-state index < -0.39 is 5.97 Å². The van der Waals surface area contributed by atoms with Gasteiger partial charge in [-0.25, -0.2) is 4.39 Å². The van der Waals surface area contributed by atoms with Crippen molar-refractivity contribution in [3.63, 3.8) is 0 Å². The van der Waals surface area contributed by atoms with Gasteiger partial charge in [-0.05, 0) is 48.4 Å². The average molecular weight is 542 g/mol. The summed E-state index contributed by atoms with van der Waals surface area (Å²) in [6, 6.07) is 25.7. The van der Waals surface area contributed by atoms with Gasteiger partial charge in [0, 0.05) is 18.7 Å². The third-order valence-electron chi connectivity index (χ3n) is 4.85. The molecule has 3 aromatic carbocycles. The molecule has 0 aliphatic carbocycles. The predicted molar refractivity (Wildman–Crippen MR) is 162 cm³/mol. The molecular formula is C33H48FNO4. The summed E-state index contributed by atoms with van der Waals surface area (Å²) in [5, 5.41) is 8.52. The maximum Gasteiger partial charge on any atom is 0.303 e. The summed E-state index contributed by atoms with van der Waals surface area (Å²) in [4.78, 5) is 23.6. The molecule has 1 aliphatic heterocycles. The summed E-state index contributed by atoms with van der Waals surface area (Å²) in [5.74, 6) is -0.618. The number of carbonyl (C=O) groups is 2. The van der Waals surface area contributed by atoms with Gasteiger partial charge < -0.3 is 14.7 Å². The van der Waals surface area contributed by atoms with Crippen molar-refractivity contribution in [1.82, 2.24) is 0 Å². The van der Waals surface area contributed by atoms with Gasteiger partial charge in [0.1, 0.15) is 18.2 Å². The van der Waals surface area contributed by atoms with Crippen molar-refractivity contribution in [1.29, 1.82) is 0 Å². The summed E-state index contributed by atoms with van der Waals surface area (Å²) in [7, 11) is 0. The van der Waals surface area contributed by atoms with E-state index in [1.165, 1.54) is 22.6 Å². The lowest BCUT2D eigenvalue weighted by Crippen LogP contribution is -2.52. The Bertz CT molecular complexity index is 940. The first-order valence-corrected chi connectivity index (χ1v) is 14.0. The van der Waals surface area contributed by atoms with Crippen molar-refractivity contribution in [3.05, 3.63) is 96.3 Å². The van der Waals surface area contributed by atoms with E-state index in [0.717, 1.165) is 5.75 Å². The number of β-lactam (4-membered cyclic amide) rings is 1. The van der Waals surface area contributed by atoms with E-state index in [0.29, 0.717) is 25.3 Å². The first-order chi connectivity index (χ1) is 19.0. The number of carbonyl (C=O) groups excluding carboxylic acids is 1. The molecule has 1 saturated heterocycles. The van der Waals surface area contributed by atoms with Crippen LogP contribution in [0.3, 0.4) is 0 Å². The van der Waals surface area contributed by atoms with Gasteiger partial charge in [-0.2, -0.15) is 0 Å². The van der Waals surface area contributed by atoms with Gasteiger partial charge in [-0.1, -0.05) is 104 Å². The number of amides is 1. The molecule has 0 bridgehead atoms. The van der Waals surface area contributed by atoms with E-state index >= 15 is 0 Å². The minimum absolute atomic E-state index is 0.00760. The van der Waals surface area contributed by atoms with E-state index in [4.69, 9.17) is 9.84 Å². The third kappa shape index (κ3) is 15.4. The molecule has 216 valence electrons. The first kappa shape index (κ1) is 37.5. The molecule has 1 N–H and O–H groups in total. The normalized spacial score (nSPS) is 12.4. The Kier molecular flexibility index (Phi) is 23.7. The third-order valence-corrected chi connectivity index (χ3v) is 4.85. The zero-order valence-corrected chi connectivity index (χ0v) is 25.0. The molecule has 0 radical (unpaired) electrons. The number of carboxylic acids is 1. The topological polar surface area (TPSA) is 66.8 Å². The number of anilines is 1. The number of nitrogens with zero attached hydrogens (tertiary/aromatic N) is 1. The number of hydrogen-bond donors (Lipinski definition) is 1. The van der Waals surface area contributed by atoms with E-state index in [2.05, 4.69) is 12.1 Å². The van der Waals surface area contributed by atoms with Crippen molar-refractivity contribution in [3.8, 4) is 5.75 Å². The Morgan fingerprint density at radius 2 is 1.31 bits per heavy atom. The van der Waals surface area contributed by atoms with Crippen LogP contribution in [0, 0.1) is 11.7 Å². The molecule has 1 unspecified atom stereocenters. The van der Waals surface area contributed by atoms with Gasteiger partial charge >= 0.3 is 5.97 Å². The van der Waals surface area contributed by atoms with Crippen molar-refractivity contribution in [2.75, 3.05) is 11.4 Å². The highest BCUT2D eigenvalue weighted by Crippen LogP contribution is 2.28. The maximum atomic E-state index is 12.7. The van der Waals surface area contributed by atoms with Crippen LogP contribution < -0.4 is 9.64 Å². The van der Waals surface area contributed by atoms with Gasteiger partial charge in [0.2, 0.25) is 5.91 Å². The van der Waals surface area contributed by atoms with Gasteiger partial charge in [0.25, 0.3) is 0 Å². The second kappa shape index (κ2) is 24.7. The largest absolute Gasteiger partial charge is 0.489 e. The predicted octanol–water partition coefficient (Wildman–Crippen LogP) is 9.02. The number of benzene rings is 3. The van der Waals surface area contributed by atoms with E-state index in [-0.39, 0.29) is 24.1 Å². The zero-order valence-electron chi connectivity index (χ0n) is 25.0. The lowest BCUT2D eigenvalue weighted by molar-refractivity contribution is -0.137. The van der Waals surface area contributed by atoms with Crippen LogP contribution in [0.25, 0.3) is 0 Å². The summed E-state index contributed by atoms with van der Waals surface area (Å²) in [6.45, 7) is 17.1. The number of para-hydroxylation sites is 1. The number of rotatable bonds is 7. The second-order valence-corrected chi connectivity index (χ2v) is 7.14. The molecule has 0 spiro atoms. The second-order valence-electron chi connectivity index (χ2n) is 7.14. The molecule has 39 heavy (non-hydrogen) atoms. The first-order valence-electron chi connectivity index (χ1n) is 14.0. The highest BCUT2D eigenvalue weighted by atomic mass is 19.1. The fourth-order valence-corrected chi connectivity index (χ4v) is 3.12. The number of aliphatic carboxylic acids is 1. The maximum absolute atomic E-state index is 12.7. The van der Waals surface area contributed by atoms with Crippen LogP contribution in [-0.2, 0) is 16.2 Å². The molecule has 6 heteroatoms. The van der Waals surface area contributed by atoms with Crippen LogP contribution in [-0.4, -0.2) is 23.5 Å². The highest BCUT2D eigenvalue weighted by Gasteiger charge is 2.37. The zero-order chi connectivity index (χ0) is 30.1. The summed E-state index contributed by atoms with van der Waals surface area (Å²) in [6.07, 6.45) is 0.375. The van der Waals surface area contributed by atoms with Gasteiger partial charge in [-0.3, -0.25) is 9.59 Å². The molecular weight excluding hydrogens is 493 g/mol. The van der Waals surface area contributed by atoms with Crippen molar-refractivity contribution < 1.29 is 23.8 Å². The number of hydrogen-bond acceptors (Lipinski definition) is 3. The summed E-state index contributed by atoms with van der Waals surface area (Å²) < 4.78 is 18.3. The van der Waals surface area contributed by atoms with E-state index in [1.807, 2.05) is 104 Å². The molecule has 1 amide bonds. The van der Waals surface area contributed by atoms with Gasteiger partial charge in [0.05, 0.1) is 5.92 Å². The molecule has 1 fully saturated rings. The lowest BCUT2D eigenvalue weighted by Gasteiger charge is -2.38. The van der Waals surface area contributed by atoms with E-state index in [1.54, 1.807) is 12.1 Å². The summed E-state index contributed by atoms with van der Waals surface area (Å²) in [5.41, 5.74) is 1.85. The smallest absolute Gasteiger partial charge is 0.303 e. The SMILES string of the molecule is CC.CC.CC.CC.O=C(O)CCC1CN(c2ccc(F)cc2)C1=O.c1ccc(COc2ccccc2)cc1. The molecule has 0 aromatic heterocycles. The fraction of sp³-hybridized carbons (Fsp3) is 0.394. The standard InChI is InChI=1S/C13H12O.C12H12FNO3.4C2H6/c1-3-7-12(8-4-1)11-14-13-9-5-2-6-10-13;13-9-2-4-10(5-3-9)14-7-8(12(14)17)1-6-11(15)16;4*1-2/h1-10H,11H2;2-5,8H,1,6-7H2,(H,15,16);4*1-2H3. The number of carboxylic acid groups (broad SMARTS) is 1. The summed E-state index contributed by atoms with van der Waals surface area (Å²) >= 11 is 0. The average Bonchev–Trinajstić information content (AvgIpc) is 3.01. The fourth-order valence-electron chi connectivity index (χ4n) is 3.12. The van der Waals surface area contributed by atoms with Crippen molar-refractivity contribution in [2.45, 2.75) is 74.8 Å². The van der Waals surface area contributed by atoms with Crippen LogP contribution in [0.2, 0.25) is 0 Å². The van der Waals surface area contributed by atoms with Crippen LogP contribution in [0.5, 0.6) is 5.75 Å². The Morgan fingerprint density at radius 3 is 1.77 bits per heavy atom. The Balaban J connectivity index is 0. The van der Waals surface area contributed by atoms with Crippen LogP contribution in [0.4, 0.5) is 10.1 Å². The van der Waals surface area contributed by atoms with Gasteiger partial charge in [-0.15, -0.1) is 0 Å². The van der Waals surface area contributed by atoms with Crippen LogP contribution >= 0.6 is 0 Å². The monoisotopic (exact) mass is 541 g/mol. The van der Waals surface area contributed by atoms with E-state index in [9.17, 15) is 14.0 Å². The van der Waals surface area contributed by atoms with Crippen LogP contribution in [0.15, 0.2) is 84.9 Å². The van der Waals surface area contributed by atoms with Gasteiger partial charge in [0.15, 0.2) is 0 Å². The molecule has 1 heterocycles. The Morgan fingerprint density at radius 1 is 0.821 bits per heavy atom. The molecule has 4 rings (SSSR count). The van der Waals surface area contributed by atoms with Crippen molar-refractivity contribution >= 4 is 17.6 Å². The number of halogens is 1. The molecule has 1 aliphatic rings. The lowest BCUT2D eigenvalue weighted by atomic mass is 9.93. The highest BCUT2D eigenvalue weighted by molar-refractivity contribution is 6.01. The van der Waals surface area contributed by atoms with Crippen molar-refractivity contribution in [2.24, 2.45) is 5.92 Å². The molecule has 5 nitrogen and oxygen atoms in total. The quantitative estimate of drug-likeness (QED) is 0.303. The Hall–Kier alpha value is -3.67. The van der Waals surface area contributed by atoms with Crippen LogP contribution in [0.1, 0.15) is 73.8 Å². The molecule has 0 saturated carbocycles. The number of ether oxygens (including phenoxy) is 1. The molecule has 3 aromatic rings. The molecule has 1 atom stereocenters. The minimum Gasteiger partial charge on any atom is -0.489 e. The minimum atomic E-state index is -0.891.